The van der Waals surface area contributed by atoms with Gasteiger partial charge in [0.1, 0.15) is 0 Å². The molecular formula is C18H34KN5O. The molecule has 0 spiro atoms. The molecule has 0 aliphatic heterocycles. The molecule has 1 aromatic heterocycles. The number of aromatic amines is 1. The third-order valence-electron chi connectivity index (χ3n) is 4.34. The number of aromatic nitrogens is 1. The molecule has 6 nitrogen and oxygen atoms in total. The summed E-state index contributed by atoms with van der Waals surface area (Å²) in [5.74, 6) is 1.25. The van der Waals surface area contributed by atoms with Crippen molar-refractivity contribution in [2.45, 2.75) is 32.1 Å². The minimum absolute atomic E-state index is 0. The second-order valence-corrected chi connectivity index (χ2v) is 6.46. The molecule has 138 valence electrons. The molecule has 1 aliphatic carbocycles. The minimum Gasteiger partial charge on any atom is -0.469 e. The molecule has 0 saturated heterocycles. The van der Waals surface area contributed by atoms with Crippen molar-refractivity contribution in [1.29, 1.82) is 0 Å². The van der Waals surface area contributed by atoms with Gasteiger partial charge < -0.3 is 31.4 Å². The van der Waals surface area contributed by atoms with Crippen LogP contribution in [0.4, 0.5) is 5.82 Å². The van der Waals surface area contributed by atoms with Crippen molar-refractivity contribution in [3.8, 4) is 0 Å². The van der Waals surface area contributed by atoms with E-state index < -0.39 is 0 Å². The van der Waals surface area contributed by atoms with Gasteiger partial charge in [0.15, 0.2) is 0 Å². The molecule has 0 radical (unpaired) electrons. The van der Waals surface area contributed by atoms with Crippen molar-refractivity contribution in [3.63, 3.8) is 0 Å². The molecule has 5 N–H and O–H groups in total. The summed E-state index contributed by atoms with van der Waals surface area (Å²) in [6.45, 7) is 1.84. The van der Waals surface area contributed by atoms with Crippen LogP contribution in [0.3, 0.4) is 0 Å². The maximum Gasteiger partial charge on any atom is 1.00 e. The summed E-state index contributed by atoms with van der Waals surface area (Å²) >= 11 is 0. The summed E-state index contributed by atoms with van der Waals surface area (Å²) in [7, 11) is 7.51. The number of H-pyrrole nitrogens is 1. The van der Waals surface area contributed by atoms with Crippen molar-refractivity contribution >= 4 is 11.5 Å². The van der Waals surface area contributed by atoms with Crippen LogP contribution in [-0.2, 0) is 4.74 Å². The van der Waals surface area contributed by atoms with Gasteiger partial charge in [-0.25, -0.2) is 0 Å². The molecule has 0 unspecified atom stereocenters. The van der Waals surface area contributed by atoms with Crippen molar-refractivity contribution < 1.29 is 56.1 Å². The van der Waals surface area contributed by atoms with Crippen LogP contribution in [-0.4, -0.2) is 51.3 Å². The first kappa shape index (κ1) is 25.0. The van der Waals surface area contributed by atoms with E-state index in [1.54, 1.807) is 14.2 Å². The van der Waals surface area contributed by atoms with Crippen LogP contribution < -0.4 is 62.9 Å². The zero-order chi connectivity index (χ0) is 17.9. The number of ether oxygens (including phenoxy) is 1. The first-order valence-corrected chi connectivity index (χ1v) is 8.67. The molecule has 1 aromatic rings. The van der Waals surface area contributed by atoms with Gasteiger partial charge in [-0.1, -0.05) is 44.4 Å². The maximum atomic E-state index is 6.21. The topological polar surface area (TPSA) is 94.4 Å². The van der Waals surface area contributed by atoms with E-state index in [2.05, 4.69) is 15.2 Å². The Labute approximate surface area is 195 Å². The Morgan fingerprint density at radius 1 is 1.28 bits per heavy atom. The molecule has 1 heterocycles. The van der Waals surface area contributed by atoms with Crippen LogP contribution in [0, 0.1) is 5.92 Å². The van der Waals surface area contributed by atoms with Crippen LogP contribution in [0.1, 0.15) is 37.7 Å². The predicted molar refractivity (Wildman–Crippen MR) is 102 cm³/mol. The molecule has 0 atom stereocenters. The Bertz CT molecular complexity index is 495. The number of hydrogen-bond donors (Lipinski definition) is 3. The van der Waals surface area contributed by atoms with Crippen molar-refractivity contribution in [1.82, 2.24) is 9.88 Å². The van der Waals surface area contributed by atoms with E-state index >= 15 is 0 Å². The van der Waals surface area contributed by atoms with Gasteiger partial charge in [0.2, 0.25) is 0 Å². The minimum atomic E-state index is 0. The van der Waals surface area contributed by atoms with E-state index in [-0.39, 0.29) is 51.4 Å². The number of hydrogen-bond acceptors (Lipinski definition) is 4. The van der Waals surface area contributed by atoms with Gasteiger partial charge in [0.25, 0.3) is 0 Å². The Hall–Kier alpha value is -0.0236. The summed E-state index contributed by atoms with van der Waals surface area (Å²) < 4.78 is 4.81. The van der Waals surface area contributed by atoms with Gasteiger partial charge in [-0.05, 0) is 32.5 Å². The van der Waals surface area contributed by atoms with Gasteiger partial charge in [-0.2, -0.15) is 0 Å². The number of nitrogens with zero attached hydrogens (tertiary/aromatic N) is 2. The Morgan fingerprint density at radius 2 is 1.92 bits per heavy atom. The predicted octanol–water partition coefficient (Wildman–Crippen LogP) is 0.0144. The fourth-order valence-electron chi connectivity index (χ4n) is 2.83. The number of nitrogens with one attached hydrogen (secondary N) is 1. The molecule has 0 bridgehead atoms. The van der Waals surface area contributed by atoms with Gasteiger partial charge in [-0.3, -0.25) is 0 Å². The number of nitrogens with two attached hydrogens (primary N) is 2. The molecule has 7 heteroatoms. The second kappa shape index (κ2) is 14.1. The summed E-state index contributed by atoms with van der Waals surface area (Å²) in [4.78, 5) is 5.14. The molecular weight excluding hydrogens is 341 g/mol. The fraction of sp³-hybridized carbons (Fsp3) is 0.667. The number of rotatable bonds is 6. The van der Waals surface area contributed by atoms with Gasteiger partial charge >= 0.3 is 51.4 Å². The van der Waals surface area contributed by atoms with E-state index in [0.29, 0.717) is 11.6 Å². The average molecular weight is 376 g/mol. The average Bonchev–Trinajstić information content (AvgIpc) is 3.08. The van der Waals surface area contributed by atoms with E-state index in [0.717, 1.165) is 43.1 Å². The number of likely N-dealkylation sites (N-methyl/N-ethyl adjacent to an activating group) is 1. The van der Waals surface area contributed by atoms with Crippen LogP contribution in [0.25, 0.3) is 11.0 Å². The van der Waals surface area contributed by atoms with Crippen LogP contribution in [0.15, 0.2) is 18.0 Å². The summed E-state index contributed by atoms with van der Waals surface area (Å²) in [5, 5.41) is 4.15. The van der Waals surface area contributed by atoms with Crippen molar-refractivity contribution in [3.05, 3.63) is 28.8 Å². The normalized spacial score (nSPS) is 15.7. The van der Waals surface area contributed by atoms with Crippen LogP contribution >= 0.6 is 0 Å². The SMILES string of the molecule is COCCN(C)C.C[N-]c1[nH]ccc1/C(N)=C(/N)C1CCCCC1.[K+]. The number of methoxy groups -OCH3 is 1. The first-order valence-electron chi connectivity index (χ1n) is 8.67. The standard InChI is InChI=1S/C13H21N4.C5H13NO.K/c1-16-13-10(7-8-17-13)12(15)11(14)9-5-3-2-4-6-9;1-6(2)4-5-7-3;/h7-9,17H,2-6,14-15H2,1H3;4-5H2,1-3H3;/q-1;;+1/b12-11-;;. The third-order valence-corrected chi connectivity index (χ3v) is 4.34. The maximum absolute atomic E-state index is 6.21. The molecule has 1 saturated carbocycles. The second-order valence-electron chi connectivity index (χ2n) is 6.46. The largest absolute Gasteiger partial charge is 1.00 e. The molecule has 0 amide bonds. The molecule has 1 aliphatic rings. The summed E-state index contributed by atoms with van der Waals surface area (Å²) in [5.41, 5.74) is 14.8. The molecule has 2 rings (SSSR count). The molecule has 1 fully saturated rings. The Morgan fingerprint density at radius 3 is 2.40 bits per heavy atom. The van der Waals surface area contributed by atoms with E-state index in [1.807, 2.05) is 26.4 Å². The van der Waals surface area contributed by atoms with Crippen molar-refractivity contribution in [2.75, 3.05) is 41.4 Å². The quantitative estimate of drug-likeness (QED) is 0.611. The van der Waals surface area contributed by atoms with Gasteiger partial charge in [-0.15, -0.1) is 0 Å². The van der Waals surface area contributed by atoms with Gasteiger partial charge in [0, 0.05) is 25.3 Å². The summed E-state index contributed by atoms with van der Waals surface area (Å²) in [6.07, 6.45) is 8.01. The Kier molecular flexibility index (Phi) is 14.1. The molecule has 25 heavy (non-hydrogen) atoms. The monoisotopic (exact) mass is 375 g/mol. The van der Waals surface area contributed by atoms with Crippen LogP contribution in [0.2, 0.25) is 0 Å². The van der Waals surface area contributed by atoms with E-state index in [9.17, 15) is 0 Å². The zero-order valence-corrected chi connectivity index (χ0v) is 19.8. The number of allylic oxidation sites excluding steroid dienone is 1. The van der Waals surface area contributed by atoms with Crippen molar-refractivity contribution in [2.24, 2.45) is 17.4 Å². The fourth-order valence-corrected chi connectivity index (χ4v) is 2.83. The molecule has 0 aromatic carbocycles. The first-order chi connectivity index (χ1) is 11.5. The zero-order valence-electron chi connectivity index (χ0n) is 16.6. The van der Waals surface area contributed by atoms with E-state index in [4.69, 9.17) is 16.2 Å². The Balaban J connectivity index is 0.000000620. The van der Waals surface area contributed by atoms with E-state index in [1.165, 1.54) is 19.3 Å². The van der Waals surface area contributed by atoms with Crippen LogP contribution in [0.5, 0.6) is 0 Å². The van der Waals surface area contributed by atoms with Gasteiger partial charge in [0.05, 0.1) is 12.3 Å². The third kappa shape index (κ3) is 8.95. The summed E-state index contributed by atoms with van der Waals surface area (Å²) in [6, 6.07) is 1.94. The smallest absolute Gasteiger partial charge is 0.469 e.